The third-order valence-corrected chi connectivity index (χ3v) is 6.64. The van der Waals surface area contributed by atoms with Gasteiger partial charge in [-0.05, 0) is 72.7 Å². The van der Waals surface area contributed by atoms with E-state index in [1.54, 1.807) is 0 Å². The summed E-state index contributed by atoms with van der Waals surface area (Å²) in [5.41, 5.74) is 10.1. The monoisotopic (exact) mass is 419 g/mol. The van der Waals surface area contributed by atoms with Crippen LogP contribution in [0.4, 0.5) is 0 Å². The number of hydrogen-bond donors (Lipinski definition) is 0. The van der Waals surface area contributed by atoms with Crippen molar-refractivity contribution in [3.05, 3.63) is 89.6 Å². The molecule has 2 aromatic heterocycles. The number of para-hydroxylation sites is 1. The highest BCUT2D eigenvalue weighted by atomic mass is 16.3. The second-order valence-corrected chi connectivity index (χ2v) is 9.38. The highest BCUT2D eigenvalue weighted by Crippen LogP contribution is 2.38. The normalized spacial score (nSPS) is 12.7. The average molecular weight is 420 g/mol. The summed E-state index contributed by atoms with van der Waals surface area (Å²) in [6, 6.07) is 23.9. The third kappa shape index (κ3) is 3.60. The molecule has 0 spiro atoms. The van der Waals surface area contributed by atoms with Gasteiger partial charge in [0.05, 0.1) is 5.69 Å². The van der Waals surface area contributed by atoms with E-state index in [9.17, 15) is 0 Å². The van der Waals surface area contributed by atoms with Crippen LogP contribution in [-0.4, -0.2) is 4.98 Å². The van der Waals surface area contributed by atoms with E-state index in [2.05, 4.69) is 101 Å². The molecular weight excluding hydrogens is 390 g/mol. The number of rotatable bonds is 4. The van der Waals surface area contributed by atoms with Crippen molar-refractivity contribution in [1.82, 2.24) is 4.98 Å². The molecule has 1 unspecified atom stereocenters. The van der Waals surface area contributed by atoms with Crippen LogP contribution in [0.5, 0.6) is 0 Å². The molecule has 0 saturated carbocycles. The van der Waals surface area contributed by atoms with Crippen molar-refractivity contribution in [2.75, 3.05) is 0 Å². The minimum Gasteiger partial charge on any atom is -0.455 e. The van der Waals surface area contributed by atoms with Crippen LogP contribution in [0, 0.1) is 19.8 Å². The lowest BCUT2D eigenvalue weighted by Crippen LogP contribution is -2.02. The van der Waals surface area contributed by atoms with Gasteiger partial charge in [-0.15, -0.1) is 0 Å². The van der Waals surface area contributed by atoms with E-state index >= 15 is 0 Å². The third-order valence-electron chi connectivity index (χ3n) is 6.64. The van der Waals surface area contributed by atoms with Gasteiger partial charge < -0.3 is 4.42 Å². The van der Waals surface area contributed by atoms with Gasteiger partial charge in [-0.25, -0.2) is 0 Å². The van der Waals surface area contributed by atoms with Crippen LogP contribution in [0.1, 0.15) is 43.4 Å². The lowest BCUT2D eigenvalue weighted by molar-refractivity contribution is 0.535. The lowest BCUT2D eigenvalue weighted by atomic mass is 9.90. The van der Waals surface area contributed by atoms with Gasteiger partial charge in [-0.3, -0.25) is 4.98 Å². The number of nitrogens with zero attached hydrogens (tertiary/aromatic N) is 1. The molecule has 3 aromatic carbocycles. The quantitative estimate of drug-likeness (QED) is 0.291. The average Bonchev–Trinajstić information content (AvgIpc) is 3.16. The van der Waals surface area contributed by atoms with Crippen LogP contribution >= 0.6 is 0 Å². The summed E-state index contributed by atoms with van der Waals surface area (Å²) in [4.78, 5) is 4.70. The minimum atomic E-state index is 0.479. The molecule has 0 saturated heterocycles. The number of aromatic nitrogens is 1. The SMILES string of the molecule is Cc1cc(C)cc(-c2ccc3c(c2)oc2c(-c4cc(C(C)C(C)C)ccn4)cccc23)c1. The molecule has 160 valence electrons. The summed E-state index contributed by atoms with van der Waals surface area (Å²) in [6.45, 7) is 11.1. The van der Waals surface area contributed by atoms with E-state index in [1.165, 1.54) is 27.8 Å². The Bertz CT molecular complexity index is 1420. The van der Waals surface area contributed by atoms with Gasteiger partial charge >= 0.3 is 0 Å². The van der Waals surface area contributed by atoms with Crippen molar-refractivity contribution in [3.8, 4) is 22.4 Å². The lowest BCUT2D eigenvalue weighted by Gasteiger charge is -2.16. The maximum absolute atomic E-state index is 6.47. The first-order valence-corrected chi connectivity index (χ1v) is 11.4. The molecule has 0 aliphatic heterocycles. The molecule has 5 rings (SSSR count). The molecule has 0 aliphatic carbocycles. The maximum Gasteiger partial charge on any atom is 0.144 e. The Labute approximate surface area is 189 Å². The van der Waals surface area contributed by atoms with Crippen molar-refractivity contribution in [3.63, 3.8) is 0 Å². The minimum absolute atomic E-state index is 0.479. The summed E-state index contributed by atoms with van der Waals surface area (Å²) in [5.74, 6) is 1.06. The van der Waals surface area contributed by atoms with Gasteiger partial charge in [0.1, 0.15) is 11.2 Å². The summed E-state index contributed by atoms with van der Waals surface area (Å²) in [7, 11) is 0. The van der Waals surface area contributed by atoms with Gasteiger partial charge in [0, 0.05) is 22.5 Å². The van der Waals surface area contributed by atoms with Gasteiger partial charge in [0.15, 0.2) is 0 Å². The van der Waals surface area contributed by atoms with Crippen molar-refractivity contribution < 1.29 is 4.42 Å². The molecule has 0 bridgehead atoms. The molecule has 32 heavy (non-hydrogen) atoms. The first-order chi connectivity index (χ1) is 15.4. The standard InChI is InChI=1S/C30H29NO/c1-18(2)21(5)22-11-12-31-28(16-22)27-8-6-7-26-25-10-9-23(17-29(25)32-30(26)27)24-14-19(3)13-20(4)15-24/h6-18,21H,1-5H3. The zero-order valence-electron chi connectivity index (χ0n) is 19.4. The fourth-order valence-corrected chi connectivity index (χ4v) is 4.58. The number of aryl methyl sites for hydroxylation is 2. The van der Waals surface area contributed by atoms with Crippen LogP contribution in [-0.2, 0) is 0 Å². The molecule has 0 aliphatic rings. The second-order valence-electron chi connectivity index (χ2n) is 9.38. The van der Waals surface area contributed by atoms with E-state index in [1.807, 2.05) is 6.20 Å². The fraction of sp³-hybridized carbons (Fsp3) is 0.233. The molecule has 2 heteroatoms. The Morgan fingerprint density at radius 1 is 0.750 bits per heavy atom. The van der Waals surface area contributed by atoms with E-state index in [0.717, 1.165) is 33.2 Å². The summed E-state index contributed by atoms with van der Waals surface area (Å²) in [5, 5.41) is 2.27. The van der Waals surface area contributed by atoms with Gasteiger partial charge in [-0.1, -0.05) is 68.3 Å². The van der Waals surface area contributed by atoms with E-state index in [-0.39, 0.29) is 0 Å². The second kappa shape index (κ2) is 7.94. The van der Waals surface area contributed by atoms with E-state index in [0.29, 0.717) is 11.8 Å². The van der Waals surface area contributed by atoms with E-state index in [4.69, 9.17) is 9.40 Å². The van der Waals surface area contributed by atoms with Crippen molar-refractivity contribution in [2.24, 2.45) is 5.92 Å². The van der Waals surface area contributed by atoms with Crippen molar-refractivity contribution in [1.29, 1.82) is 0 Å². The van der Waals surface area contributed by atoms with Gasteiger partial charge in [0.2, 0.25) is 0 Å². The summed E-state index contributed by atoms with van der Waals surface area (Å²) < 4.78 is 6.47. The zero-order valence-corrected chi connectivity index (χ0v) is 19.4. The molecule has 0 radical (unpaired) electrons. The first kappa shape index (κ1) is 20.5. The Morgan fingerprint density at radius 2 is 1.53 bits per heavy atom. The predicted molar refractivity (Wildman–Crippen MR) is 135 cm³/mol. The summed E-state index contributed by atoms with van der Waals surface area (Å²) in [6.07, 6.45) is 1.92. The number of benzene rings is 3. The van der Waals surface area contributed by atoms with Crippen molar-refractivity contribution in [2.45, 2.75) is 40.5 Å². The fourth-order valence-electron chi connectivity index (χ4n) is 4.58. The van der Waals surface area contributed by atoms with Gasteiger partial charge in [-0.2, -0.15) is 0 Å². The van der Waals surface area contributed by atoms with Crippen LogP contribution < -0.4 is 0 Å². The maximum atomic E-state index is 6.47. The Morgan fingerprint density at radius 3 is 2.28 bits per heavy atom. The molecular formula is C30H29NO. The molecule has 0 N–H and O–H groups in total. The molecule has 0 fully saturated rings. The molecule has 2 heterocycles. The zero-order chi connectivity index (χ0) is 22.4. The number of furan rings is 1. The highest BCUT2D eigenvalue weighted by Gasteiger charge is 2.16. The molecule has 0 amide bonds. The molecule has 2 nitrogen and oxygen atoms in total. The van der Waals surface area contributed by atoms with Crippen LogP contribution in [0.2, 0.25) is 0 Å². The number of hydrogen-bond acceptors (Lipinski definition) is 2. The smallest absolute Gasteiger partial charge is 0.144 e. The highest BCUT2D eigenvalue weighted by molar-refractivity contribution is 6.10. The first-order valence-electron chi connectivity index (χ1n) is 11.4. The largest absolute Gasteiger partial charge is 0.455 e. The predicted octanol–water partition coefficient (Wildman–Crippen LogP) is 8.69. The Hall–Kier alpha value is -3.39. The Balaban J connectivity index is 1.66. The van der Waals surface area contributed by atoms with E-state index < -0.39 is 0 Å². The Kier molecular flexibility index (Phi) is 5.09. The van der Waals surface area contributed by atoms with Gasteiger partial charge in [0.25, 0.3) is 0 Å². The van der Waals surface area contributed by atoms with Crippen LogP contribution in [0.25, 0.3) is 44.3 Å². The topological polar surface area (TPSA) is 26.0 Å². The molecule has 1 atom stereocenters. The van der Waals surface area contributed by atoms with Crippen molar-refractivity contribution >= 4 is 21.9 Å². The van der Waals surface area contributed by atoms with Crippen LogP contribution in [0.3, 0.4) is 0 Å². The molecule has 5 aromatic rings. The number of fused-ring (bicyclic) bond motifs is 3. The summed E-state index contributed by atoms with van der Waals surface area (Å²) >= 11 is 0. The van der Waals surface area contributed by atoms with Crippen LogP contribution in [0.15, 0.2) is 77.3 Å². The number of pyridine rings is 1.